The maximum atomic E-state index is 14.0. The summed E-state index contributed by atoms with van der Waals surface area (Å²) < 4.78 is 47.6. The first-order chi connectivity index (χ1) is 17.9. The summed E-state index contributed by atoms with van der Waals surface area (Å²) in [5.41, 5.74) is 1.21. The molecule has 0 aliphatic rings. The van der Waals surface area contributed by atoms with Gasteiger partial charge in [0.2, 0.25) is 5.91 Å². The first-order valence-electron chi connectivity index (χ1n) is 11.9. The maximum Gasteiger partial charge on any atom is 0.420 e. The molecule has 5 nitrogen and oxygen atoms in total. The number of hydrogen-bond donors (Lipinski definition) is 0. The number of benzene rings is 2. The molecule has 0 aliphatic carbocycles. The minimum Gasteiger partial charge on any atom is -0.493 e. The molecule has 0 unspecified atom stereocenters. The Balaban J connectivity index is 1.73. The van der Waals surface area contributed by atoms with Crippen molar-refractivity contribution in [1.82, 2.24) is 9.97 Å². The third-order valence-corrected chi connectivity index (χ3v) is 6.45. The van der Waals surface area contributed by atoms with Gasteiger partial charge >= 0.3 is 6.18 Å². The Morgan fingerprint density at radius 3 is 2.57 bits per heavy atom. The zero-order chi connectivity index (χ0) is 26.3. The van der Waals surface area contributed by atoms with E-state index < -0.39 is 17.6 Å². The number of ether oxygens (including phenoxy) is 1. The van der Waals surface area contributed by atoms with Crippen LogP contribution < -0.4 is 9.64 Å². The Morgan fingerprint density at radius 2 is 1.86 bits per heavy atom. The number of carbonyl (C=O) groups is 1. The van der Waals surface area contributed by atoms with E-state index in [1.807, 2.05) is 31.2 Å². The zero-order valence-electron chi connectivity index (χ0n) is 20.2. The van der Waals surface area contributed by atoms with Gasteiger partial charge in [0.05, 0.1) is 30.0 Å². The normalized spacial score (nSPS) is 11.4. The molecule has 1 amide bonds. The monoisotopic (exact) mass is 525 g/mol. The summed E-state index contributed by atoms with van der Waals surface area (Å²) in [7, 11) is 0. The zero-order valence-corrected chi connectivity index (χ0v) is 21.1. The van der Waals surface area contributed by atoms with Crippen molar-refractivity contribution in [2.75, 3.05) is 11.5 Å². The first kappa shape index (κ1) is 26.3. The summed E-state index contributed by atoms with van der Waals surface area (Å²) in [5.74, 6) is -0.652. The summed E-state index contributed by atoms with van der Waals surface area (Å²) in [4.78, 5) is 23.4. The molecule has 0 radical (unpaired) electrons. The number of carbonyl (C=O) groups excluding carboxylic acids is 1. The number of halogens is 3. The van der Waals surface area contributed by atoms with E-state index >= 15 is 0 Å². The van der Waals surface area contributed by atoms with E-state index in [0.717, 1.165) is 30.0 Å². The van der Waals surface area contributed by atoms with Crippen LogP contribution >= 0.6 is 11.3 Å². The number of thiazole rings is 1. The summed E-state index contributed by atoms with van der Waals surface area (Å²) in [6.45, 7) is 2.20. The summed E-state index contributed by atoms with van der Waals surface area (Å²) >= 11 is 1.18. The van der Waals surface area contributed by atoms with Crippen LogP contribution in [-0.4, -0.2) is 22.5 Å². The molecule has 2 heterocycles. The Morgan fingerprint density at radius 1 is 1.05 bits per heavy atom. The van der Waals surface area contributed by atoms with Crippen molar-refractivity contribution < 1.29 is 22.7 Å². The third-order valence-electron chi connectivity index (χ3n) is 5.62. The SMILES string of the molecule is CCCCCOc1ccc(N(C(=O)Cc2ccccc2)c2nc(-c3cccnc3)cs2)cc1C(F)(F)F. The largest absolute Gasteiger partial charge is 0.493 e. The quantitative estimate of drug-likeness (QED) is 0.199. The number of amides is 1. The van der Waals surface area contributed by atoms with E-state index in [-0.39, 0.29) is 29.6 Å². The lowest BCUT2D eigenvalue weighted by Crippen LogP contribution is -2.28. The molecule has 0 N–H and O–H groups in total. The van der Waals surface area contributed by atoms with Crippen LogP contribution in [0.15, 0.2) is 78.4 Å². The summed E-state index contributed by atoms with van der Waals surface area (Å²) in [6.07, 6.45) is 1.07. The van der Waals surface area contributed by atoms with Crippen molar-refractivity contribution in [3.05, 3.63) is 89.6 Å². The first-order valence-corrected chi connectivity index (χ1v) is 12.8. The Hall–Kier alpha value is -3.72. The van der Waals surface area contributed by atoms with Crippen LogP contribution in [0.5, 0.6) is 5.75 Å². The average molecular weight is 526 g/mol. The number of unbranched alkanes of at least 4 members (excludes halogenated alkanes) is 2. The predicted octanol–water partition coefficient (Wildman–Crippen LogP) is 7.70. The second-order valence-corrected chi connectivity index (χ2v) is 9.22. The van der Waals surface area contributed by atoms with Crippen molar-refractivity contribution >= 4 is 28.1 Å². The van der Waals surface area contributed by atoms with Crippen LogP contribution in [0.1, 0.15) is 37.3 Å². The van der Waals surface area contributed by atoms with Gasteiger partial charge in [-0.25, -0.2) is 4.98 Å². The molecular formula is C28H26F3N3O2S. The third kappa shape index (κ3) is 6.74. The number of nitrogens with zero attached hydrogens (tertiary/aromatic N) is 3. The smallest absolute Gasteiger partial charge is 0.420 e. The fourth-order valence-corrected chi connectivity index (χ4v) is 4.63. The number of anilines is 2. The minimum absolute atomic E-state index is 0.000728. The van der Waals surface area contributed by atoms with Crippen molar-refractivity contribution in [3.63, 3.8) is 0 Å². The molecule has 0 fully saturated rings. The van der Waals surface area contributed by atoms with E-state index in [1.54, 1.807) is 36.0 Å². The van der Waals surface area contributed by atoms with Crippen LogP contribution in [0.2, 0.25) is 0 Å². The van der Waals surface area contributed by atoms with E-state index in [0.29, 0.717) is 12.1 Å². The van der Waals surface area contributed by atoms with Gasteiger partial charge in [-0.15, -0.1) is 11.3 Å². The van der Waals surface area contributed by atoms with Crippen molar-refractivity contribution in [2.45, 2.75) is 38.8 Å². The van der Waals surface area contributed by atoms with Gasteiger partial charge in [-0.2, -0.15) is 13.2 Å². The summed E-state index contributed by atoms with van der Waals surface area (Å²) in [6, 6.07) is 16.4. The van der Waals surface area contributed by atoms with Crippen LogP contribution in [0.25, 0.3) is 11.3 Å². The Bertz CT molecular complexity index is 1310. The highest BCUT2D eigenvalue weighted by Gasteiger charge is 2.36. The van der Waals surface area contributed by atoms with E-state index in [1.165, 1.54) is 28.4 Å². The maximum absolute atomic E-state index is 14.0. The molecule has 0 bridgehead atoms. The van der Waals surface area contributed by atoms with Gasteiger partial charge in [-0.1, -0.05) is 50.1 Å². The molecule has 4 aromatic rings. The molecule has 9 heteroatoms. The molecule has 2 aromatic carbocycles. The van der Waals surface area contributed by atoms with Gasteiger partial charge in [0.1, 0.15) is 5.75 Å². The number of alkyl halides is 3. The lowest BCUT2D eigenvalue weighted by Gasteiger charge is -2.23. The molecule has 4 rings (SSSR count). The van der Waals surface area contributed by atoms with Crippen molar-refractivity contribution in [3.8, 4) is 17.0 Å². The highest BCUT2D eigenvalue weighted by atomic mass is 32.1. The van der Waals surface area contributed by atoms with Crippen LogP contribution in [-0.2, 0) is 17.4 Å². The van der Waals surface area contributed by atoms with Gasteiger partial charge < -0.3 is 4.74 Å². The standard InChI is InChI=1S/C28H26F3N3O2S/c1-2-3-7-15-36-25-13-12-22(17-23(25)28(29,30)31)34(26(35)16-20-9-5-4-6-10-20)27-33-24(19-37-27)21-11-8-14-32-18-21/h4-6,8-14,17-19H,2-3,7,15-16H2,1H3. The Labute approximate surface area is 217 Å². The fourth-order valence-electron chi connectivity index (χ4n) is 3.76. The Kier molecular flexibility index (Phi) is 8.55. The number of aromatic nitrogens is 2. The molecule has 192 valence electrons. The van der Waals surface area contributed by atoms with E-state index in [4.69, 9.17) is 4.74 Å². The molecule has 0 spiro atoms. The second-order valence-electron chi connectivity index (χ2n) is 8.38. The summed E-state index contributed by atoms with van der Waals surface area (Å²) in [5, 5.41) is 2.02. The van der Waals surface area contributed by atoms with Crippen LogP contribution in [0, 0.1) is 0 Å². The second kappa shape index (κ2) is 12.0. The number of pyridine rings is 1. The van der Waals surface area contributed by atoms with E-state index in [9.17, 15) is 18.0 Å². The van der Waals surface area contributed by atoms with Crippen molar-refractivity contribution in [1.29, 1.82) is 0 Å². The van der Waals surface area contributed by atoms with E-state index in [2.05, 4.69) is 9.97 Å². The van der Waals surface area contributed by atoms with Gasteiger partial charge in [0.25, 0.3) is 0 Å². The van der Waals surface area contributed by atoms with Gasteiger partial charge in [-0.05, 0) is 42.3 Å². The molecule has 0 atom stereocenters. The molecule has 0 saturated carbocycles. The number of rotatable bonds is 10. The highest BCUT2D eigenvalue weighted by Crippen LogP contribution is 2.41. The van der Waals surface area contributed by atoms with Gasteiger partial charge in [0, 0.05) is 23.3 Å². The number of hydrogen-bond acceptors (Lipinski definition) is 5. The van der Waals surface area contributed by atoms with Crippen molar-refractivity contribution in [2.24, 2.45) is 0 Å². The lowest BCUT2D eigenvalue weighted by molar-refractivity contribution is -0.139. The molecule has 0 saturated heterocycles. The molecule has 0 aliphatic heterocycles. The molecule has 37 heavy (non-hydrogen) atoms. The van der Waals surface area contributed by atoms with Gasteiger partial charge in [0.15, 0.2) is 5.13 Å². The molecular weight excluding hydrogens is 499 g/mol. The predicted molar refractivity (Wildman–Crippen MR) is 139 cm³/mol. The fraction of sp³-hybridized carbons (Fsp3) is 0.250. The lowest BCUT2D eigenvalue weighted by atomic mass is 10.1. The average Bonchev–Trinajstić information content (AvgIpc) is 3.37. The highest BCUT2D eigenvalue weighted by molar-refractivity contribution is 7.14. The van der Waals surface area contributed by atoms with Crippen LogP contribution in [0.4, 0.5) is 24.0 Å². The minimum atomic E-state index is -4.66. The van der Waals surface area contributed by atoms with Crippen LogP contribution in [0.3, 0.4) is 0 Å². The topological polar surface area (TPSA) is 55.3 Å². The van der Waals surface area contributed by atoms with Gasteiger partial charge in [-0.3, -0.25) is 14.7 Å². The molecule has 2 aromatic heterocycles.